The van der Waals surface area contributed by atoms with Gasteiger partial charge in [0, 0.05) is 19.0 Å². The van der Waals surface area contributed by atoms with Gasteiger partial charge in [0.1, 0.15) is 17.0 Å². The average Bonchev–Trinajstić information content (AvgIpc) is 3.48. The summed E-state index contributed by atoms with van der Waals surface area (Å²) in [4.78, 5) is 26.5. The van der Waals surface area contributed by atoms with Crippen molar-refractivity contribution in [3.63, 3.8) is 0 Å². The van der Waals surface area contributed by atoms with Gasteiger partial charge in [-0.3, -0.25) is 9.59 Å². The highest BCUT2D eigenvalue weighted by molar-refractivity contribution is 5.91. The number of fused-ring (bicyclic) bond motifs is 1. The van der Waals surface area contributed by atoms with Crippen LogP contribution in [0.15, 0.2) is 72.0 Å². The molecule has 3 N–H and O–H groups in total. The van der Waals surface area contributed by atoms with Gasteiger partial charge < -0.3 is 15.4 Å². The first-order chi connectivity index (χ1) is 16.0. The summed E-state index contributed by atoms with van der Waals surface area (Å²) < 4.78 is 7.50. The van der Waals surface area contributed by atoms with E-state index in [1.165, 1.54) is 6.08 Å². The van der Waals surface area contributed by atoms with Gasteiger partial charge in [0.15, 0.2) is 5.82 Å². The van der Waals surface area contributed by atoms with Crippen LogP contribution in [-0.2, 0) is 4.79 Å². The number of anilines is 1. The molecule has 1 saturated heterocycles. The molecule has 5 rings (SSSR count). The van der Waals surface area contributed by atoms with E-state index in [0.717, 1.165) is 5.75 Å². The molecule has 166 valence electrons. The molecule has 2 aromatic carbocycles. The number of nitrogens with one attached hydrogen (secondary N) is 1. The second kappa shape index (κ2) is 8.27. The quantitative estimate of drug-likeness (QED) is 0.459. The lowest BCUT2D eigenvalue weighted by Gasteiger charge is -2.13. The fraction of sp³-hybridized carbons (Fsp3) is 0.167. The predicted octanol–water partition coefficient (Wildman–Crippen LogP) is 2.99. The largest absolute Gasteiger partial charge is 0.457 e. The Labute approximate surface area is 189 Å². The molecule has 33 heavy (non-hydrogen) atoms. The number of likely N-dealkylation sites (tertiary alicyclic amines) is 1. The molecule has 0 saturated carbocycles. The van der Waals surface area contributed by atoms with Crippen LogP contribution < -0.4 is 16.0 Å². The first-order valence-electron chi connectivity index (χ1n) is 10.6. The van der Waals surface area contributed by atoms with Gasteiger partial charge >= 0.3 is 0 Å². The van der Waals surface area contributed by atoms with Gasteiger partial charge in [0.2, 0.25) is 5.91 Å². The third-order valence-electron chi connectivity index (χ3n) is 5.78. The van der Waals surface area contributed by atoms with E-state index in [1.807, 2.05) is 54.6 Å². The molecule has 1 aliphatic heterocycles. The summed E-state index contributed by atoms with van der Waals surface area (Å²) in [7, 11) is 0. The second-order valence-electron chi connectivity index (χ2n) is 7.84. The summed E-state index contributed by atoms with van der Waals surface area (Å²) in [5, 5.41) is 11.6. The monoisotopic (exact) mass is 442 g/mol. The number of aromatic nitrogens is 4. The normalized spacial score (nSPS) is 15.6. The summed E-state index contributed by atoms with van der Waals surface area (Å²) in [5.41, 5.74) is 7.55. The second-order valence-corrected chi connectivity index (χ2v) is 7.84. The zero-order valence-electron chi connectivity index (χ0n) is 17.8. The van der Waals surface area contributed by atoms with E-state index >= 15 is 0 Å². The van der Waals surface area contributed by atoms with E-state index in [9.17, 15) is 9.59 Å². The molecule has 0 bridgehead atoms. The van der Waals surface area contributed by atoms with Crippen LogP contribution >= 0.6 is 0 Å². The summed E-state index contributed by atoms with van der Waals surface area (Å²) in [5.74, 6) is 1.34. The third-order valence-corrected chi connectivity index (χ3v) is 5.78. The van der Waals surface area contributed by atoms with Crippen LogP contribution in [-0.4, -0.2) is 43.9 Å². The first kappa shape index (κ1) is 20.5. The topological polar surface area (TPSA) is 119 Å². The number of hydrogen-bond acceptors (Lipinski definition) is 6. The van der Waals surface area contributed by atoms with Crippen molar-refractivity contribution in [2.24, 2.45) is 0 Å². The number of nitrogen functional groups attached to an aromatic ring is 1. The van der Waals surface area contributed by atoms with E-state index in [1.54, 1.807) is 9.58 Å². The number of benzene rings is 2. The van der Waals surface area contributed by atoms with Crippen molar-refractivity contribution in [1.29, 1.82) is 0 Å². The Morgan fingerprint density at radius 2 is 1.88 bits per heavy atom. The Kier molecular flexibility index (Phi) is 5.14. The van der Waals surface area contributed by atoms with Crippen molar-refractivity contribution in [2.75, 3.05) is 18.8 Å². The number of amides is 1. The number of rotatable bonds is 5. The number of ether oxygens (including phenoxy) is 1. The maximum atomic E-state index is 12.7. The molecule has 9 heteroatoms. The summed E-state index contributed by atoms with van der Waals surface area (Å²) >= 11 is 0. The van der Waals surface area contributed by atoms with Crippen molar-refractivity contribution in [3.05, 3.63) is 83.3 Å². The van der Waals surface area contributed by atoms with E-state index < -0.39 is 0 Å². The van der Waals surface area contributed by atoms with Crippen LogP contribution in [0.2, 0.25) is 0 Å². The molecule has 2 aromatic heterocycles. The fourth-order valence-corrected chi connectivity index (χ4v) is 4.18. The van der Waals surface area contributed by atoms with E-state index in [4.69, 9.17) is 15.6 Å². The number of H-pyrrole nitrogens is 1. The van der Waals surface area contributed by atoms with Crippen LogP contribution in [0.5, 0.6) is 11.5 Å². The van der Waals surface area contributed by atoms with Gasteiger partial charge in [-0.1, -0.05) is 24.8 Å². The number of nitrogens with two attached hydrogens (primary N) is 1. The van der Waals surface area contributed by atoms with Crippen molar-refractivity contribution in [2.45, 2.75) is 12.3 Å². The zero-order chi connectivity index (χ0) is 22.9. The molecule has 4 aromatic rings. The lowest BCUT2D eigenvalue weighted by molar-refractivity contribution is -0.125. The SMILES string of the molecule is C=CC(=O)N1CCC(c2nn(-c3ccc(Oc4ccccc4)cc3)c3c(N)n[nH]c(=O)c23)C1. The van der Waals surface area contributed by atoms with Gasteiger partial charge in [-0.25, -0.2) is 9.78 Å². The molecule has 1 fully saturated rings. The Bertz CT molecular complexity index is 1390. The molecule has 1 amide bonds. The van der Waals surface area contributed by atoms with E-state index in [0.29, 0.717) is 47.5 Å². The maximum absolute atomic E-state index is 12.7. The Morgan fingerprint density at radius 3 is 2.61 bits per heavy atom. The molecule has 0 radical (unpaired) electrons. The minimum absolute atomic E-state index is 0.0961. The van der Waals surface area contributed by atoms with Gasteiger partial charge in [-0.05, 0) is 48.9 Å². The minimum atomic E-state index is -0.363. The summed E-state index contributed by atoms with van der Waals surface area (Å²) in [6, 6.07) is 16.8. The smallest absolute Gasteiger partial charge is 0.275 e. The van der Waals surface area contributed by atoms with Crippen LogP contribution in [0.4, 0.5) is 5.82 Å². The summed E-state index contributed by atoms with van der Waals surface area (Å²) in [6.07, 6.45) is 1.99. The molecular formula is C24H22N6O3. The van der Waals surface area contributed by atoms with Gasteiger partial charge in [0.05, 0.1) is 16.8 Å². The lowest BCUT2D eigenvalue weighted by Crippen LogP contribution is -2.26. The van der Waals surface area contributed by atoms with Crippen LogP contribution in [0.1, 0.15) is 18.0 Å². The fourth-order valence-electron chi connectivity index (χ4n) is 4.18. The number of carbonyl (C=O) groups is 1. The standard InChI is InChI=1S/C24H22N6O3/c1-2-19(31)29-13-12-15(14-29)21-20-22(23(25)26-27-24(20)32)30(28-21)16-8-10-18(11-9-16)33-17-6-4-3-5-7-17/h2-11,15H,1,12-14H2,(H2,25,26)(H,27,32). The van der Waals surface area contributed by atoms with E-state index in [2.05, 4.69) is 16.8 Å². The molecule has 0 aliphatic carbocycles. The highest BCUT2D eigenvalue weighted by Crippen LogP contribution is 2.33. The van der Waals surface area contributed by atoms with Crippen molar-refractivity contribution >= 4 is 22.6 Å². The van der Waals surface area contributed by atoms with Crippen molar-refractivity contribution < 1.29 is 9.53 Å². The zero-order valence-corrected chi connectivity index (χ0v) is 17.8. The van der Waals surface area contributed by atoms with Crippen LogP contribution in [0.25, 0.3) is 16.6 Å². The van der Waals surface area contributed by atoms with Crippen molar-refractivity contribution in [3.8, 4) is 17.2 Å². The minimum Gasteiger partial charge on any atom is -0.457 e. The van der Waals surface area contributed by atoms with Gasteiger partial charge in [0.25, 0.3) is 5.56 Å². The molecular weight excluding hydrogens is 420 g/mol. The Morgan fingerprint density at radius 1 is 1.15 bits per heavy atom. The molecule has 3 heterocycles. The predicted molar refractivity (Wildman–Crippen MR) is 125 cm³/mol. The third kappa shape index (κ3) is 3.73. The van der Waals surface area contributed by atoms with Crippen LogP contribution in [0, 0.1) is 0 Å². The maximum Gasteiger partial charge on any atom is 0.275 e. The molecule has 0 spiro atoms. The highest BCUT2D eigenvalue weighted by atomic mass is 16.5. The van der Waals surface area contributed by atoms with Gasteiger partial charge in [-0.15, -0.1) is 0 Å². The molecule has 1 atom stereocenters. The molecule has 1 unspecified atom stereocenters. The highest BCUT2D eigenvalue weighted by Gasteiger charge is 2.31. The number of hydrogen-bond donors (Lipinski definition) is 2. The number of aromatic amines is 1. The Hall–Kier alpha value is -4.40. The summed E-state index contributed by atoms with van der Waals surface area (Å²) in [6.45, 7) is 4.59. The number of carbonyl (C=O) groups excluding carboxylic acids is 1. The number of para-hydroxylation sites is 1. The van der Waals surface area contributed by atoms with Crippen LogP contribution in [0.3, 0.4) is 0 Å². The van der Waals surface area contributed by atoms with Crippen molar-refractivity contribution in [1.82, 2.24) is 24.9 Å². The van der Waals surface area contributed by atoms with Gasteiger partial charge in [-0.2, -0.15) is 10.2 Å². The molecule has 1 aliphatic rings. The number of nitrogens with zero attached hydrogens (tertiary/aromatic N) is 4. The first-order valence-corrected chi connectivity index (χ1v) is 10.6. The lowest BCUT2D eigenvalue weighted by atomic mass is 10.0. The molecule has 9 nitrogen and oxygen atoms in total. The Balaban J connectivity index is 1.54. The average molecular weight is 442 g/mol. The van der Waals surface area contributed by atoms with E-state index in [-0.39, 0.29) is 23.2 Å².